The summed E-state index contributed by atoms with van der Waals surface area (Å²) in [4.78, 5) is 23.8. The summed E-state index contributed by atoms with van der Waals surface area (Å²) in [5.41, 5.74) is 1.38. The first kappa shape index (κ1) is 21.5. The first-order valence-corrected chi connectivity index (χ1v) is 10.2. The van der Waals surface area contributed by atoms with Crippen molar-refractivity contribution in [3.63, 3.8) is 0 Å². The van der Waals surface area contributed by atoms with E-state index in [-0.39, 0.29) is 11.8 Å². The van der Waals surface area contributed by atoms with E-state index in [1.165, 1.54) is 32.0 Å². The van der Waals surface area contributed by atoms with Gasteiger partial charge in [-0.05, 0) is 13.8 Å². The molecule has 0 saturated heterocycles. The molecule has 0 aliphatic rings. The number of aryl methyl sites for hydroxylation is 1. The van der Waals surface area contributed by atoms with Crippen molar-refractivity contribution in [3.8, 4) is 11.5 Å². The molecule has 1 atom stereocenters. The van der Waals surface area contributed by atoms with E-state index in [9.17, 15) is 9.90 Å². The first-order valence-electron chi connectivity index (χ1n) is 9.06. The molecule has 0 saturated carbocycles. The van der Waals surface area contributed by atoms with Crippen LogP contribution in [-0.2, 0) is 10.5 Å². The second-order valence-electron chi connectivity index (χ2n) is 6.40. The second-order valence-corrected chi connectivity index (χ2v) is 7.43. The van der Waals surface area contributed by atoms with Crippen LogP contribution in [0.4, 0.5) is 5.95 Å². The number of aromatic nitrogens is 4. The average Bonchev–Trinajstić information content (AvgIpc) is 3.40. The Labute approximate surface area is 177 Å². The van der Waals surface area contributed by atoms with Gasteiger partial charge in [-0.1, -0.05) is 5.16 Å². The van der Waals surface area contributed by atoms with Gasteiger partial charge in [0.2, 0.25) is 11.8 Å². The third-order valence-electron chi connectivity index (χ3n) is 4.41. The molecule has 0 radical (unpaired) electrons. The molecular weight excluding hydrogens is 410 g/mol. The molecule has 2 aromatic heterocycles. The predicted octanol–water partition coefficient (Wildman–Crippen LogP) is 3.00. The highest BCUT2D eigenvalue weighted by Gasteiger charge is 2.24. The van der Waals surface area contributed by atoms with Crippen LogP contribution in [0, 0.1) is 13.8 Å². The number of phenols is 1. The molecule has 30 heavy (non-hydrogen) atoms. The molecule has 0 fully saturated rings. The molecule has 160 valence electrons. The molecule has 0 aliphatic heterocycles. The van der Waals surface area contributed by atoms with Crippen molar-refractivity contribution in [2.45, 2.75) is 25.6 Å². The zero-order valence-electron chi connectivity index (χ0n) is 17.1. The molecule has 11 heteroatoms. The highest BCUT2D eigenvalue weighted by molar-refractivity contribution is 7.98. The normalized spacial score (nSPS) is 11.9. The van der Waals surface area contributed by atoms with Crippen LogP contribution in [0.1, 0.15) is 39.2 Å². The number of benzene rings is 1. The molecule has 0 aliphatic carbocycles. The molecule has 3 aromatic rings. The number of anilines is 1. The largest absolute Gasteiger partial charge is 0.507 e. The number of aromatic hydroxyl groups is 1. The number of ether oxygens (including phenoxy) is 2. The predicted molar refractivity (Wildman–Crippen MR) is 111 cm³/mol. The molecule has 10 nitrogen and oxygen atoms in total. The monoisotopic (exact) mass is 433 g/mol. The molecule has 1 aromatic carbocycles. The Morgan fingerprint density at radius 3 is 2.80 bits per heavy atom. The van der Waals surface area contributed by atoms with E-state index in [1.54, 1.807) is 26.2 Å². The van der Waals surface area contributed by atoms with Crippen molar-refractivity contribution < 1.29 is 23.9 Å². The van der Waals surface area contributed by atoms with Crippen LogP contribution in [0.15, 0.2) is 23.0 Å². The summed E-state index contributed by atoms with van der Waals surface area (Å²) in [6.45, 7) is 3.49. The van der Waals surface area contributed by atoms with E-state index in [2.05, 4.69) is 25.4 Å². The fraction of sp³-hybridized carbons (Fsp3) is 0.368. The summed E-state index contributed by atoms with van der Waals surface area (Å²) in [6, 6.07) is 1.17. The number of thioether (sulfide) groups is 1. The van der Waals surface area contributed by atoms with Crippen molar-refractivity contribution in [2.24, 2.45) is 0 Å². The maximum Gasteiger partial charge on any atom is 0.338 e. The van der Waals surface area contributed by atoms with Crippen molar-refractivity contribution in [1.82, 2.24) is 20.1 Å². The van der Waals surface area contributed by atoms with E-state index in [1.807, 2.05) is 0 Å². The molecule has 0 amide bonds. The summed E-state index contributed by atoms with van der Waals surface area (Å²) >= 11 is 1.48. The minimum absolute atomic E-state index is 0.0328. The fourth-order valence-electron chi connectivity index (χ4n) is 2.95. The average molecular weight is 433 g/mol. The van der Waals surface area contributed by atoms with E-state index < -0.39 is 5.97 Å². The number of imidazole rings is 1. The van der Waals surface area contributed by atoms with Crippen LogP contribution >= 0.6 is 11.8 Å². The highest BCUT2D eigenvalue weighted by Crippen LogP contribution is 2.36. The molecule has 1 unspecified atom stereocenters. The number of nitrogens with one attached hydrogen (secondary N) is 2. The summed E-state index contributed by atoms with van der Waals surface area (Å²) < 4.78 is 15.5. The van der Waals surface area contributed by atoms with E-state index in [0.717, 1.165) is 0 Å². The molecular formula is C19H23N5O5S. The van der Waals surface area contributed by atoms with E-state index >= 15 is 0 Å². The smallest absolute Gasteiger partial charge is 0.338 e. The Balaban J connectivity index is 1.80. The number of hydrogen-bond donors (Lipinski definition) is 3. The standard InChI is InChI=1S/C19H23N5O5S/c1-10-15(27-3)7-14(25)12(16(10)18(26)28-4)8-30-9-13(17-22-11(2)24-29-17)23-19-20-5-6-21-19/h5-7,13,25H,8-9H2,1-4H3,(H2,20,21,23). The number of rotatable bonds is 9. The molecule has 2 heterocycles. The highest BCUT2D eigenvalue weighted by atomic mass is 32.2. The third kappa shape index (κ3) is 4.67. The van der Waals surface area contributed by atoms with Gasteiger partial charge in [-0.25, -0.2) is 9.78 Å². The van der Waals surface area contributed by atoms with Gasteiger partial charge in [0.05, 0.1) is 19.8 Å². The SMILES string of the molecule is COC(=O)c1c(C)c(OC)cc(O)c1CSCC(Nc1ncc[nH]1)c1nc(C)no1. The van der Waals surface area contributed by atoms with Crippen LogP contribution in [0.2, 0.25) is 0 Å². The first-order chi connectivity index (χ1) is 14.4. The van der Waals surface area contributed by atoms with Gasteiger partial charge >= 0.3 is 5.97 Å². The summed E-state index contributed by atoms with van der Waals surface area (Å²) in [7, 11) is 2.78. The van der Waals surface area contributed by atoms with Gasteiger partial charge in [-0.2, -0.15) is 16.7 Å². The lowest BCUT2D eigenvalue weighted by molar-refractivity contribution is 0.0598. The Morgan fingerprint density at radius 1 is 1.40 bits per heavy atom. The van der Waals surface area contributed by atoms with Gasteiger partial charge in [-0.15, -0.1) is 0 Å². The number of phenolic OH excluding ortho intramolecular Hbond substituents is 1. The van der Waals surface area contributed by atoms with Gasteiger partial charge in [-0.3, -0.25) is 0 Å². The number of aromatic amines is 1. The van der Waals surface area contributed by atoms with Crippen molar-refractivity contribution in [3.05, 3.63) is 46.9 Å². The van der Waals surface area contributed by atoms with Crippen LogP contribution in [0.3, 0.4) is 0 Å². The topological polar surface area (TPSA) is 135 Å². The van der Waals surface area contributed by atoms with Crippen molar-refractivity contribution >= 4 is 23.7 Å². The number of methoxy groups -OCH3 is 2. The van der Waals surface area contributed by atoms with Crippen LogP contribution in [0.25, 0.3) is 0 Å². The number of carbonyl (C=O) groups excluding carboxylic acids is 1. The zero-order chi connectivity index (χ0) is 21.7. The molecule has 3 N–H and O–H groups in total. The van der Waals surface area contributed by atoms with Crippen LogP contribution in [0.5, 0.6) is 11.5 Å². The number of esters is 1. The number of hydrogen-bond acceptors (Lipinski definition) is 10. The van der Waals surface area contributed by atoms with Gasteiger partial charge in [0.25, 0.3) is 0 Å². The lowest BCUT2D eigenvalue weighted by Crippen LogP contribution is -2.15. The number of H-pyrrole nitrogens is 1. The zero-order valence-corrected chi connectivity index (χ0v) is 17.9. The number of carbonyl (C=O) groups is 1. The lowest BCUT2D eigenvalue weighted by atomic mass is 10.0. The molecule has 0 bridgehead atoms. The van der Waals surface area contributed by atoms with Gasteiger partial charge < -0.3 is 29.4 Å². The number of nitrogens with zero attached hydrogens (tertiary/aromatic N) is 3. The van der Waals surface area contributed by atoms with Crippen LogP contribution in [-0.4, -0.2) is 51.2 Å². The Morgan fingerprint density at radius 2 is 2.20 bits per heavy atom. The minimum Gasteiger partial charge on any atom is -0.507 e. The summed E-state index contributed by atoms with van der Waals surface area (Å²) in [6.07, 6.45) is 3.33. The Bertz CT molecular complexity index is 1010. The van der Waals surface area contributed by atoms with Gasteiger partial charge in [0, 0.05) is 41.1 Å². The Kier molecular flexibility index (Phi) is 6.83. The summed E-state index contributed by atoms with van der Waals surface area (Å²) in [5, 5.41) is 17.5. The summed E-state index contributed by atoms with van der Waals surface area (Å²) in [5.74, 6) is 2.22. The maximum atomic E-state index is 12.4. The van der Waals surface area contributed by atoms with Crippen LogP contribution < -0.4 is 10.1 Å². The fourth-order valence-corrected chi connectivity index (χ4v) is 4.03. The van der Waals surface area contributed by atoms with E-state index in [4.69, 9.17) is 14.0 Å². The molecule has 3 rings (SSSR count). The lowest BCUT2D eigenvalue weighted by Gasteiger charge is -2.17. The van der Waals surface area contributed by atoms with E-state index in [0.29, 0.717) is 51.6 Å². The van der Waals surface area contributed by atoms with Crippen molar-refractivity contribution in [1.29, 1.82) is 0 Å². The second kappa shape index (κ2) is 9.53. The quantitative estimate of drug-likeness (QED) is 0.432. The minimum atomic E-state index is -0.532. The van der Waals surface area contributed by atoms with Gasteiger partial charge in [0.15, 0.2) is 5.82 Å². The van der Waals surface area contributed by atoms with Crippen molar-refractivity contribution in [2.75, 3.05) is 25.3 Å². The third-order valence-corrected chi connectivity index (χ3v) is 5.48. The Hall–Kier alpha value is -3.21. The molecule has 0 spiro atoms. The van der Waals surface area contributed by atoms with Gasteiger partial charge in [0.1, 0.15) is 17.5 Å². The maximum absolute atomic E-state index is 12.4.